The third-order valence-electron chi connectivity index (χ3n) is 2.83. The van der Waals surface area contributed by atoms with Gasteiger partial charge >= 0.3 is 0 Å². The molecule has 0 spiro atoms. The predicted octanol–water partition coefficient (Wildman–Crippen LogP) is 1.17. The minimum absolute atomic E-state index is 0.0848. The number of hydrogen-bond acceptors (Lipinski definition) is 4. The minimum Gasteiger partial charge on any atom is -0.482 e. The van der Waals surface area contributed by atoms with E-state index in [0.717, 1.165) is 5.56 Å². The maximum atomic E-state index is 11.2. The Morgan fingerprint density at radius 1 is 1.38 bits per heavy atom. The van der Waals surface area contributed by atoms with Gasteiger partial charge in [-0.25, -0.2) is 0 Å². The number of ether oxygens (including phenoxy) is 2. The highest BCUT2D eigenvalue weighted by Crippen LogP contribution is 2.39. The van der Waals surface area contributed by atoms with Crippen molar-refractivity contribution in [3.8, 4) is 5.75 Å². The average Bonchev–Trinajstić information content (AvgIpc) is 2.25. The van der Waals surface area contributed by atoms with Crippen molar-refractivity contribution in [1.82, 2.24) is 0 Å². The number of fused-ring (bicyclic) bond motifs is 1. The van der Waals surface area contributed by atoms with Gasteiger partial charge in [0.05, 0.1) is 23.6 Å². The van der Waals surface area contributed by atoms with Crippen LogP contribution in [0.2, 0.25) is 0 Å². The molecule has 0 bridgehead atoms. The SMILES string of the molecule is O=C1COc2ccc(C3(S)COC3)cc2N1. The van der Waals surface area contributed by atoms with Crippen molar-refractivity contribution in [2.45, 2.75) is 4.75 Å². The average molecular weight is 237 g/mol. The lowest BCUT2D eigenvalue weighted by Gasteiger charge is -2.38. The largest absolute Gasteiger partial charge is 0.482 e. The van der Waals surface area contributed by atoms with Gasteiger partial charge < -0.3 is 14.8 Å². The van der Waals surface area contributed by atoms with Gasteiger partial charge in [0.1, 0.15) is 5.75 Å². The van der Waals surface area contributed by atoms with E-state index < -0.39 is 0 Å². The number of carbonyl (C=O) groups excluding carboxylic acids is 1. The van der Waals surface area contributed by atoms with Crippen molar-refractivity contribution in [3.05, 3.63) is 23.8 Å². The molecule has 4 nitrogen and oxygen atoms in total. The molecule has 0 unspecified atom stereocenters. The Morgan fingerprint density at radius 2 is 2.19 bits per heavy atom. The summed E-state index contributed by atoms with van der Waals surface area (Å²) in [4.78, 5) is 11.2. The molecule has 5 heteroatoms. The third kappa shape index (κ3) is 1.47. The fraction of sp³-hybridized carbons (Fsp3) is 0.364. The summed E-state index contributed by atoms with van der Waals surface area (Å²) in [5.41, 5.74) is 1.76. The molecule has 2 heterocycles. The molecule has 0 saturated carbocycles. The second-order valence-electron chi connectivity index (χ2n) is 4.07. The maximum absolute atomic E-state index is 11.2. The summed E-state index contributed by atoms with van der Waals surface area (Å²) < 4.78 is 10.2. The van der Waals surface area contributed by atoms with Gasteiger partial charge in [-0.2, -0.15) is 12.6 Å². The summed E-state index contributed by atoms with van der Waals surface area (Å²) >= 11 is 4.57. The molecule has 2 aliphatic heterocycles. The number of carbonyl (C=O) groups is 1. The van der Waals surface area contributed by atoms with E-state index in [9.17, 15) is 4.79 Å². The van der Waals surface area contributed by atoms with Gasteiger partial charge in [0.25, 0.3) is 5.91 Å². The quantitative estimate of drug-likeness (QED) is 0.721. The highest BCUT2D eigenvalue weighted by molar-refractivity contribution is 7.81. The third-order valence-corrected chi connectivity index (χ3v) is 3.35. The van der Waals surface area contributed by atoms with Crippen LogP contribution < -0.4 is 10.1 Å². The molecule has 0 aliphatic carbocycles. The van der Waals surface area contributed by atoms with E-state index in [1.165, 1.54) is 0 Å². The Morgan fingerprint density at radius 3 is 2.88 bits per heavy atom. The van der Waals surface area contributed by atoms with Crippen LogP contribution in [-0.2, 0) is 14.3 Å². The molecule has 1 fully saturated rings. The van der Waals surface area contributed by atoms with Crippen LogP contribution in [0.25, 0.3) is 0 Å². The van der Waals surface area contributed by atoms with Gasteiger partial charge in [0.15, 0.2) is 6.61 Å². The molecule has 1 N–H and O–H groups in total. The van der Waals surface area contributed by atoms with Crippen LogP contribution in [0.3, 0.4) is 0 Å². The van der Waals surface area contributed by atoms with Crippen molar-refractivity contribution < 1.29 is 14.3 Å². The summed E-state index contributed by atoms with van der Waals surface area (Å²) in [6, 6.07) is 5.73. The first kappa shape index (κ1) is 9.99. The standard InChI is InChI=1S/C11H11NO3S/c13-10-4-15-9-2-1-7(3-8(9)12-10)11(16)5-14-6-11/h1-3,16H,4-6H2,(H,12,13). The van der Waals surface area contributed by atoms with Gasteiger partial charge in [0.2, 0.25) is 0 Å². The molecular formula is C11H11NO3S. The fourth-order valence-electron chi connectivity index (χ4n) is 1.83. The molecule has 16 heavy (non-hydrogen) atoms. The number of hydrogen-bond donors (Lipinski definition) is 2. The Hall–Kier alpha value is -1.20. The highest BCUT2D eigenvalue weighted by atomic mass is 32.1. The van der Waals surface area contributed by atoms with Gasteiger partial charge in [-0.1, -0.05) is 6.07 Å². The summed E-state index contributed by atoms with van der Waals surface area (Å²) in [6.45, 7) is 1.29. The zero-order chi connectivity index (χ0) is 11.2. The number of amides is 1. The minimum atomic E-state index is -0.225. The van der Waals surface area contributed by atoms with Crippen LogP contribution in [0, 0.1) is 0 Å². The van der Waals surface area contributed by atoms with Crippen molar-refractivity contribution in [2.24, 2.45) is 0 Å². The van der Waals surface area contributed by atoms with Crippen molar-refractivity contribution >= 4 is 24.2 Å². The lowest BCUT2D eigenvalue weighted by Crippen LogP contribution is -2.41. The first-order chi connectivity index (χ1) is 7.67. The summed E-state index contributed by atoms with van der Waals surface area (Å²) in [5, 5.41) is 2.78. The molecule has 0 radical (unpaired) electrons. The lowest BCUT2D eigenvalue weighted by molar-refractivity contribution is -0.118. The molecule has 0 atom stereocenters. The lowest BCUT2D eigenvalue weighted by atomic mass is 9.95. The monoisotopic (exact) mass is 237 g/mol. The van der Waals surface area contributed by atoms with E-state index in [2.05, 4.69) is 17.9 Å². The van der Waals surface area contributed by atoms with Crippen molar-refractivity contribution in [2.75, 3.05) is 25.1 Å². The summed E-state index contributed by atoms with van der Waals surface area (Å²) in [5.74, 6) is 0.586. The van der Waals surface area contributed by atoms with Crippen LogP contribution in [0.1, 0.15) is 5.56 Å². The molecule has 2 aliphatic rings. The Kier molecular flexibility index (Phi) is 2.12. The Labute approximate surface area is 98.3 Å². The van der Waals surface area contributed by atoms with Crippen LogP contribution in [0.4, 0.5) is 5.69 Å². The number of anilines is 1. The Bertz CT molecular complexity index is 457. The number of rotatable bonds is 1. The van der Waals surface area contributed by atoms with E-state index in [1.807, 2.05) is 18.2 Å². The number of benzene rings is 1. The molecule has 1 amide bonds. The second kappa shape index (κ2) is 3.40. The summed E-state index contributed by atoms with van der Waals surface area (Å²) in [6.07, 6.45) is 0. The molecule has 3 rings (SSSR count). The molecule has 1 saturated heterocycles. The normalized spacial score (nSPS) is 21.4. The van der Waals surface area contributed by atoms with Crippen LogP contribution >= 0.6 is 12.6 Å². The zero-order valence-electron chi connectivity index (χ0n) is 8.53. The number of thiol groups is 1. The zero-order valence-corrected chi connectivity index (χ0v) is 9.42. The molecular weight excluding hydrogens is 226 g/mol. The van der Waals surface area contributed by atoms with E-state index in [4.69, 9.17) is 9.47 Å². The summed E-state index contributed by atoms with van der Waals surface area (Å²) in [7, 11) is 0. The van der Waals surface area contributed by atoms with Crippen molar-refractivity contribution in [1.29, 1.82) is 0 Å². The topological polar surface area (TPSA) is 47.6 Å². The smallest absolute Gasteiger partial charge is 0.262 e. The van der Waals surface area contributed by atoms with Crippen LogP contribution in [0.5, 0.6) is 5.75 Å². The molecule has 1 aromatic carbocycles. The van der Waals surface area contributed by atoms with Gasteiger partial charge in [0, 0.05) is 0 Å². The Balaban J connectivity index is 1.98. The van der Waals surface area contributed by atoms with Gasteiger partial charge in [-0.3, -0.25) is 4.79 Å². The van der Waals surface area contributed by atoms with E-state index in [0.29, 0.717) is 24.7 Å². The van der Waals surface area contributed by atoms with Gasteiger partial charge in [-0.05, 0) is 17.7 Å². The second-order valence-corrected chi connectivity index (χ2v) is 4.93. The van der Waals surface area contributed by atoms with E-state index in [-0.39, 0.29) is 17.3 Å². The maximum Gasteiger partial charge on any atom is 0.262 e. The van der Waals surface area contributed by atoms with E-state index >= 15 is 0 Å². The molecule has 84 valence electrons. The predicted molar refractivity (Wildman–Crippen MR) is 62.0 cm³/mol. The van der Waals surface area contributed by atoms with Gasteiger partial charge in [-0.15, -0.1) is 0 Å². The molecule has 0 aromatic heterocycles. The molecule has 1 aromatic rings. The highest BCUT2D eigenvalue weighted by Gasteiger charge is 2.37. The van der Waals surface area contributed by atoms with Crippen LogP contribution in [0.15, 0.2) is 18.2 Å². The van der Waals surface area contributed by atoms with Crippen LogP contribution in [-0.4, -0.2) is 25.7 Å². The fourth-order valence-corrected chi connectivity index (χ4v) is 2.16. The van der Waals surface area contributed by atoms with E-state index in [1.54, 1.807) is 0 Å². The van der Waals surface area contributed by atoms with Crippen molar-refractivity contribution in [3.63, 3.8) is 0 Å². The first-order valence-corrected chi connectivity index (χ1v) is 5.49. The number of nitrogens with one attached hydrogen (secondary N) is 1. The first-order valence-electron chi connectivity index (χ1n) is 5.05.